The molecule has 1 unspecified atom stereocenters. The largest absolute Gasteiger partial charge is 0.481 e. The maximum atomic E-state index is 11.5. The molecular weight excluding hydrogens is 288 g/mol. The molecule has 1 atom stereocenters. The molecule has 118 valence electrons. The average molecular weight is 310 g/mol. The summed E-state index contributed by atoms with van der Waals surface area (Å²) in [7, 11) is -3.94. The van der Waals surface area contributed by atoms with Gasteiger partial charge in [-0.15, -0.1) is 0 Å². The Morgan fingerprint density at radius 1 is 1.20 bits per heavy atom. The molecule has 0 radical (unpaired) electrons. The first kappa shape index (κ1) is 18.7. The van der Waals surface area contributed by atoms with Gasteiger partial charge in [-0.05, 0) is 32.6 Å². The number of rotatable bonds is 9. The lowest BCUT2D eigenvalue weighted by atomic mass is 10.0. The second kappa shape index (κ2) is 8.75. The van der Waals surface area contributed by atoms with Gasteiger partial charge in [-0.25, -0.2) is 9.52 Å². The van der Waals surface area contributed by atoms with Gasteiger partial charge < -0.3 is 9.84 Å². The van der Waals surface area contributed by atoms with Crippen molar-refractivity contribution in [3.8, 4) is 0 Å². The van der Waals surface area contributed by atoms with Gasteiger partial charge in [-0.2, -0.15) is 13.1 Å². The maximum absolute atomic E-state index is 11.5. The Balaban J connectivity index is 3.98. The molecule has 0 aliphatic rings. The van der Waals surface area contributed by atoms with Gasteiger partial charge in [0.2, 0.25) is 0 Å². The number of nitrogens with one attached hydrogen (secondary N) is 2. The molecule has 0 saturated heterocycles. The molecule has 9 heteroatoms. The second-order valence-electron chi connectivity index (χ2n) is 4.78. The zero-order valence-corrected chi connectivity index (χ0v) is 12.7. The van der Waals surface area contributed by atoms with E-state index in [2.05, 4.69) is 9.46 Å². The number of ether oxygens (including phenoxy) is 1. The van der Waals surface area contributed by atoms with Crippen LogP contribution in [0.2, 0.25) is 0 Å². The van der Waals surface area contributed by atoms with Crippen molar-refractivity contribution in [2.45, 2.75) is 46.1 Å². The maximum Gasteiger partial charge on any atom is 0.422 e. The van der Waals surface area contributed by atoms with Gasteiger partial charge in [0.1, 0.15) is 0 Å². The summed E-state index contributed by atoms with van der Waals surface area (Å²) < 4.78 is 31.5. The lowest BCUT2D eigenvalue weighted by molar-refractivity contribution is -0.137. The Morgan fingerprint density at radius 2 is 1.80 bits per heavy atom. The SMILES string of the molecule is CC(CCNS(=O)(=O)NC(=O)OC(C)C)CCC(=O)O. The summed E-state index contributed by atoms with van der Waals surface area (Å²) in [5.41, 5.74) is 0. The quantitative estimate of drug-likeness (QED) is 0.580. The van der Waals surface area contributed by atoms with Gasteiger partial charge in [-0.1, -0.05) is 6.92 Å². The molecule has 0 aromatic rings. The topological polar surface area (TPSA) is 122 Å². The standard InChI is InChI=1S/C11H22N2O6S/c1-8(2)19-11(16)13-20(17,18)12-7-6-9(3)4-5-10(14)15/h8-9,12H,4-7H2,1-3H3,(H,13,16)(H,14,15). The minimum atomic E-state index is -3.94. The Bertz CT molecular complexity index is 421. The minimum Gasteiger partial charge on any atom is -0.481 e. The monoisotopic (exact) mass is 310 g/mol. The highest BCUT2D eigenvalue weighted by atomic mass is 32.2. The fourth-order valence-electron chi connectivity index (χ4n) is 1.34. The van der Waals surface area contributed by atoms with E-state index in [4.69, 9.17) is 5.11 Å². The van der Waals surface area contributed by atoms with Gasteiger partial charge in [0.15, 0.2) is 0 Å². The van der Waals surface area contributed by atoms with Crippen molar-refractivity contribution in [3.63, 3.8) is 0 Å². The van der Waals surface area contributed by atoms with E-state index in [1.165, 1.54) is 0 Å². The van der Waals surface area contributed by atoms with Crippen molar-refractivity contribution in [1.29, 1.82) is 0 Å². The van der Waals surface area contributed by atoms with Gasteiger partial charge >= 0.3 is 22.3 Å². The van der Waals surface area contributed by atoms with Crippen LogP contribution >= 0.6 is 0 Å². The van der Waals surface area contributed by atoms with Crippen LogP contribution < -0.4 is 9.44 Å². The number of carboxylic acid groups (broad SMARTS) is 1. The number of carbonyl (C=O) groups is 2. The molecule has 0 aromatic heterocycles. The van der Waals surface area contributed by atoms with Crippen LogP contribution in [0.25, 0.3) is 0 Å². The van der Waals surface area contributed by atoms with E-state index < -0.39 is 28.4 Å². The summed E-state index contributed by atoms with van der Waals surface area (Å²) in [5, 5.41) is 8.52. The first-order valence-electron chi connectivity index (χ1n) is 6.32. The molecule has 0 heterocycles. The predicted octanol–water partition coefficient (Wildman–Crippen LogP) is 0.846. The lowest BCUT2D eigenvalue weighted by Crippen LogP contribution is -2.41. The van der Waals surface area contributed by atoms with Crippen molar-refractivity contribution < 1.29 is 27.9 Å². The molecule has 3 N–H and O–H groups in total. The smallest absolute Gasteiger partial charge is 0.422 e. The first-order chi connectivity index (χ1) is 9.12. The molecule has 0 spiro atoms. The highest BCUT2D eigenvalue weighted by Gasteiger charge is 2.16. The molecule has 0 rings (SSSR count). The van der Waals surface area contributed by atoms with Crippen molar-refractivity contribution in [2.75, 3.05) is 6.54 Å². The van der Waals surface area contributed by atoms with Crippen molar-refractivity contribution in [2.24, 2.45) is 5.92 Å². The molecule has 0 fully saturated rings. The van der Waals surface area contributed by atoms with Crippen molar-refractivity contribution in [3.05, 3.63) is 0 Å². The van der Waals surface area contributed by atoms with Gasteiger partial charge in [0.05, 0.1) is 6.10 Å². The molecule has 0 aliphatic carbocycles. The van der Waals surface area contributed by atoms with E-state index in [1.807, 2.05) is 6.92 Å². The first-order valence-corrected chi connectivity index (χ1v) is 7.80. The molecule has 20 heavy (non-hydrogen) atoms. The summed E-state index contributed by atoms with van der Waals surface area (Å²) in [6, 6.07) is 0. The second-order valence-corrected chi connectivity index (χ2v) is 6.28. The van der Waals surface area contributed by atoms with E-state index in [1.54, 1.807) is 18.6 Å². The van der Waals surface area contributed by atoms with Crippen LogP contribution in [0.4, 0.5) is 4.79 Å². The molecule has 0 saturated carbocycles. The Hall–Kier alpha value is -1.35. The van der Waals surface area contributed by atoms with E-state index in [9.17, 15) is 18.0 Å². The third kappa shape index (κ3) is 10.6. The minimum absolute atomic E-state index is 0.0485. The summed E-state index contributed by atoms with van der Waals surface area (Å²) in [6.07, 6.45) is -0.451. The van der Waals surface area contributed by atoms with Crippen molar-refractivity contribution in [1.82, 2.24) is 9.44 Å². The summed E-state index contributed by atoms with van der Waals surface area (Å²) in [6.45, 7) is 5.15. The number of hydrogen-bond donors (Lipinski definition) is 3. The predicted molar refractivity (Wildman–Crippen MR) is 72.3 cm³/mol. The van der Waals surface area contributed by atoms with Gasteiger partial charge in [0.25, 0.3) is 0 Å². The lowest BCUT2D eigenvalue weighted by Gasteiger charge is -2.12. The third-order valence-corrected chi connectivity index (χ3v) is 3.36. The van der Waals surface area contributed by atoms with E-state index >= 15 is 0 Å². The number of aliphatic carboxylic acids is 1. The van der Waals surface area contributed by atoms with Gasteiger partial charge in [0, 0.05) is 13.0 Å². The average Bonchev–Trinajstić information content (AvgIpc) is 2.23. The van der Waals surface area contributed by atoms with Crippen LogP contribution in [0.1, 0.15) is 40.0 Å². The fourth-order valence-corrected chi connectivity index (χ4v) is 2.06. The highest BCUT2D eigenvalue weighted by molar-refractivity contribution is 7.88. The zero-order valence-electron chi connectivity index (χ0n) is 11.9. The van der Waals surface area contributed by atoms with Crippen LogP contribution in [-0.4, -0.2) is 38.2 Å². The Morgan fingerprint density at radius 3 is 2.30 bits per heavy atom. The fraction of sp³-hybridized carbons (Fsp3) is 0.818. The molecule has 0 bridgehead atoms. The van der Waals surface area contributed by atoms with Crippen LogP contribution in [0.3, 0.4) is 0 Å². The van der Waals surface area contributed by atoms with Crippen LogP contribution in [0.5, 0.6) is 0 Å². The molecule has 0 aromatic carbocycles. The number of carboxylic acids is 1. The van der Waals surface area contributed by atoms with Crippen LogP contribution in [0, 0.1) is 5.92 Å². The summed E-state index contributed by atoms with van der Waals surface area (Å²) in [5.74, 6) is -0.813. The van der Waals surface area contributed by atoms with Crippen molar-refractivity contribution >= 4 is 22.3 Å². The van der Waals surface area contributed by atoms with E-state index in [0.717, 1.165) is 0 Å². The van der Waals surface area contributed by atoms with E-state index in [0.29, 0.717) is 12.8 Å². The Kier molecular flexibility index (Phi) is 8.16. The van der Waals surface area contributed by atoms with Crippen LogP contribution in [0.15, 0.2) is 0 Å². The Labute approximate surface area is 119 Å². The highest BCUT2D eigenvalue weighted by Crippen LogP contribution is 2.09. The molecule has 8 nitrogen and oxygen atoms in total. The normalized spacial score (nSPS) is 13.0. The molecule has 0 aliphatic heterocycles. The van der Waals surface area contributed by atoms with Crippen LogP contribution in [-0.2, 0) is 19.7 Å². The summed E-state index contributed by atoms with van der Waals surface area (Å²) >= 11 is 0. The third-order valence-electron chi connectivity index (χ3n) is 2.34. The number of carbonyl (C=O) groups excluding carboxylic acids is 1. The number of amides is 1. The molecule has 1 amide bonds. The van der Waals surface area contributed by atoms with E-state index in [-0.39, 0.29) is 18.9 Å². The molecular formula is C11H22N2O6S. The summed E-state index contributed by atoms with van der Waals surface area (Å²) in [4.78, 5) is 21.5. The van der Waals surface area contributed by atoms with Gasteiger partial charge in [-0.3, -0.25) is 4.79 Å². The zero-order chi connectivity index (χ0) is 15.8. The number of hydrogen-bond acceptors (Lipinski definition) is 5.